The first-order valence-corrected chi connectivity index (χ1v) is 5.95. The van der Waals surface area contributed by atoms with Crippen LogP contribution in [0.15, 0.2) is 24.3 Å². The molecule has 0 saturated heterocycles. The molecule has 3 nitrogen and oxygen atoms in total. The summed E-state index contributed by atoms with van der Waals surface area (Å²) in [4.78, 5) is 11.1. The maximum absolute atomic E-state index is 11.1. The van der Waals surface area contributed by atoms with Crippen molar-refractivity contribution in [2.24, 2.45) is 0 Å². The molecule has 3 heteroatoms. The number of hydrogen-bond acceptors (Lipinski definition) is 3. The van der Waals surface area contributed by atoms with Gasteiger partial charge in [0.1, 0.15) is 6.29 Å². The Balaban J connectivity index is 3.36. The molecule has 1 aromatic rings. The average molecular weight is 248 g/mol. The third kappa shape index (κ3) is 3.36. The first kappa shape index (κ1) is 14.3. The third-order valence-electron chi connectivity index (χ3n) is 2.44. The van der Waals surface area contributed by atoms with Crippen molar-refractivity contribution >= 4 is 6.29 Å². The average Bonchev–Trinajstić information content (AvgIpc) is 2.29. The van der Waals surface area contributed by atoms with Crippen molar-refractivity contribution in [2.45, 2.75) is 33.3 Å². The van der Waals surface area contributed by atoms with Crippen LogP contribution in [0.25, 0.3) is 0 Å². The summed E-state index contributed by atoms with van der Waals surface area (Å²) in [6.45, 7) is 9.70. The van der Waals surface area contributed by atoms with Crippen LogP contribution in [0.4, 0.5) is 0 Å². The van der Waals surface area contributed by atoms with Gasteiger partial charge in [-0.15, -0.1) is 0 Å². The topological polar surface area (TPSA) is 35.5 Å². The number of benzene rings is 1. The van der Waals surface area contributed by atoms with Gasteiger partial charge < -0.3 is 9.47 Å². The second-order valence-corrected chi connectivity index (χ2v) is 4.58. The Hall–Kier alpha value is -1.77. The van der Waals surface area contributed by atoms with Gasteiger partial charge in [-0.3, -0.25) is 4.79 Å². The Morgan fingerprint density at radius 3 is 2.56 bits per heavy atom. The summed E-state index contributed by atoms with van der Waals surface area (Å²) in [5.74, 6) is 1.28. The van der Waals surface area contributed by atoms with Crippen molar-refractivity contribution in [3.05, 3.63) is 35.4 Å². The highest BCUT2D eigenvalue weighted by Crippen LogP contribution is 2.35. The van der Waals surface area contributed by atoms with E-state index in [0.717, 1.165) is 17.4 Å². The Bertz CT molecular complexity index is 447. The summed E-state index contributed by atoms with van der Waals surface area (Å²) in [5.41, 5.74) is 2.43. The summed E-state index contributed by atoms with van der Waals surface area (Å²) >= 11 is 0. The van der Waals surface area contributed by atoms with Gasteiger partial charge in [-0.2, -0.15) is 0 Å². The van der Waals surface area contributed by atoms with E-state index < -0.39 is 0 Å². The van der Waals surface area contributed by atoms with Gasteiger partial charge in [-0.05, 0) is 39.3 Å². The van der Waals surface area contributed by atoms with Crippen LogP contribution < -0.4 is 9.47 Å². The Labute approximate surface area is 108 Å². The quantitative estimate of drug-likeness (QED) is 0.571. The highest BCUT2D eigenvalue weighted by atomic mass is 16.5. The van der Waals surface area contributed by atoms with Gasteiger partial charge in [0.25, 0.3) is 0 Å². The van der Waals surface area contributed by atoms with Crippen molar-refractivity contribution in [3.8, 4) is 11.5 Å². The predicted molar refractivity (Wildman–Crippen MR) is 72.7 cm³/mol. The van der Waals surface area contributed by atoms with E-state index in [9.17, 15) is 4.79 Å². The zero-order valence-electron chi connectivity index (χ0n) is 11.4. The normalized spacial score (nSPS) is 10.3. The van der Waals surface area contributed by atoms with E-state index in [0.29, 0.717) is 23.5 Å². The number of methoxy groups -OCH3 is 1. The number of rotatable bonds is 6. The number of aldehydes is 1. The van der Waals surface area contributed by atoms with Gasteiger partial charge in [0, 0.05) is 11.1 Å². The molecule has 98 valence electrons. The van der Waals surface area contributed by atoms with Crippen LogP contribution in [0, 0.1) is 0 Å². The minimum atomic E-state index is 0.0182. The third-order valence-corrected chi connectivity index (χ3v) is 2.44. The molecule has 1 rings (SSSR count). The number of allylic oxidation sites excluding steroid dienone is 1. The molecule has 0 atom stereocenters. The highest BCUT2D eigenvalue weighted by molar-refractivity contribution is 5.80. The maximum atomic E-state index is 11.1. The number of carbonyl (C=O) groups excluding carboxylic acids is 1. The largest absolute Gasteiger partial charge is 0.493 e. The second-order valence-electron chi connectivity index (χ2n) is 4.58. The van der Waals surface area contributed by atoms with E-state index in [1.807, 2.05) is 20.8 Å². The fourth-order valence-corrected chi connectivity index (χ4v) is 1.74. The van der Waals surface area contributed by atoms with Gasteiger partial charge in [-0.1, -0.05) is 12.2 Å². The molecule has 0 bridgehead atoms. The number of hydrogen-bond donors (Lipinski definition) is 0. The van der Waals surface area contributed by atoms with Crippen LogP contribution in [0.3, 0.4) is 0 Å². The van der Waals surface area contributed by atoms with Crippen LogP contribution in [0.2, 0.25) is 0 Å². The smallest absolute Gasteiger partial charge is 0.165 e. The molecule has 1 aromatic carbocycles. The highest BCUT2D eigenvalue weighted by Gasteiger charge is 2.16. The molecule has 0 aliphatic carbocycles. The molecule has 18 heavy (non-hydrogen) atoms. The lowest BCUT2D eigenvalue weighted by molar-refractivity contribution is 0.112. The van der Waals surface area contributed by atoms with E-state index in [-0.39, 0.29) is 6.10 Å². The fraction of sp³-hybridized carbons (Fsp3) is 0.400. The summed E-state index contributed by atoms with van der Waals surface area (Å²) in [7, 11) is 1.59. The SMILES string of the molecule is C=C(C)Cc1c(C=O)ccc(OC)c1OC(C)C. The molecule has 0 radical (unpaired) electrons. The zero-order valence-corrected chi connectivity index (χ0v) is 11.4. The van der Waals surface area contributed by atoms with Crippen molar-refractivity contribution in [1.82, 2.24) is 0 Å². The predicted octanol–water partition coefficient (Wildman–Crippen LogP) is 3.41. The molecular weight excluding hydrogens is 228 g/mol. The molecule has 0 aromatic heterocycles. The van der Waals surface area contributed by atoms with E-state index in [4.69, 9.17) is 9.47 Å². The van der Waals surface area contributed by atoms with Crippen LogP contribution in [0.1, 0.15) is 36.7 Å². The number of carbonyl (C=O) groups is 1. The maximum Gasteiger partial charge on any atom is 0.165 e. The lowest BCUT2D eigenvalue weighted by Gasteiger charge is -2.19. The summed E-state index contributed by atoms with van der Waals surface area (Å²) in [5, 5.41) is 0. The van der Waals surface area contributed by atoms with E-state index in [2.05, 4.69) is 6.58 Å². The van der Waals surface area contributed by atoms with Gasteiger partial charge in [0.15, 0.2) is 11.5 Å². The van der Waals surface area contributed by atoms with Gasteiger partial charge in [0.05, 0.1) is 13.2 Å². The fourth-order valence-electron chi connectivity index (χ4n) is 1.74. The lowest BCUT2D eigenvalue weighted by atomic mass is 10.00. The van der Waals surface area contributed by atoms with E-state index in [1.165, 1.54) is 0 Å². The lowest BCUT2D eigenvalue weighted by Crippen LogP contribution is -2.10. The van der Waals surface area contributed by atoms with Crippen LogP contribution in [-0.4, -0.2) is 19.5 Å². The molecule has 0 N–H and O–H groups in total. The zero-order chi connectivity index (χ0) is 13.7. The van der Waals surface area contributed by atoms with E-state index >= 15 is 0 Å². The molecule has 0 aliphatic heterocycles. The van der Waals surface area contributed by atoms with Gasteiger partial charge >= 0.3 is 0 Å². The van der Waals surface area contributed by atoms with Crippen molar-refractivity contribution < 1.29 is 14.3 Å². The summed E-state index contributed by atoms with van der Waals surface area (Å²) < 4.78 is 11.1. The molecule has 0 aliphatic rings. The Kier molecular flexibility index (Phi) is 4.95. The molecule has 0 saturated carbocycles. The molecule has 0 unspecified atom stereocenters. The first-order chi connectivity index (χ1) is 8.49. The Morgan fingerprint density at radius 2 is 2.11 bits per heavy atom. The monoisotopic (exact) mass is 248 g/mol. The van der Waals surface area contributed by atoms with Crippen molar-refractivity contribution in [1.29, 1.82) is 0 Å². The second kappa shape index (κ2) is 6.24. The molecule has 0 heterocycles. The van der Waals surface area contributed by atoms with Crippen LogP contribution >= 0.6 is 0 Å². The van der Waals surface area contributed by atoms with Gasteiger partial charge in [0.2, 0.25) is 0 Å². The minimum Gasteiger partial charge on any atom is -0.493 e. The molecular formula is C15H20O3. The van der Waals surface area contributed by atoms with E-state index in [1.54, 1.807) is 19.2 Å². The molecule has 0 amide bonds. The van der Waals surface area contributed by atoms with Crippen molar-refractivity contribution in [2.75, 3.05) is 7.11 Å². The van der Waals surface area contributed by atoms with Crippen molar-refractivity contribution in [3.63, 3.8) is 0 Å². The van der Waals surface area contributed by atoms with Crippen LogP contribution in [-0.2, 0) is 6.42 Å². The first-order valence-electron chi connectivity index (χ1n) is 5.95. The number of ether oxygens (including phenoxy) is 2. The van der Waals surface area contributed by atoms with Gasteiger partial charge in [-0.25, -0.2) is 0 Å². The summed E-state index contributed by atoms with van der Waals surface area (Å²) in [6.07, 6.45) is 1.46. The van der Waals surface area contributed by atoms with Crippen LogP contribution in [0.5, 0.6) is 11.5 Å². The molecule has 0 fully saturated rings. The standard InChI is InChI=1S/C15H20O3/c1-10(2)8-13-12(9-16)6-7-14(17-5)15(13)18-11(3)4/h6-7,9,11H,1,8H2,2-5H3. The Morgan fingerprint density at radius 1 is 1.44 bits per heavy atom. The molecule has 0 spiro atoms. The summed E-state index contributed by atoms with van der Waals surface area (Å²) in [6, 6.07) is 3.50. The minimum absolute atomic E-state index is 0.0182.